The van der Waals surface area contributed by atoms with Crippen LogP contribution in [0.4, 0.5) is 0 Å². The van der Waals surface area contributed by atoms with E-state index in [4.69, 9.17) is 0 Å². The Morgan fingerprint density at radius 3 is 2.80 bits per heavy atom. The Labute approximate surface area is 68.4 Å². The minimum atomic E-state index is -1.21. The van der Waals surface area contributed by atoms with Crippen LogP contribution in [-0.2, 0) is 11.3 Å². The van der Waals surface area contributed by atoms with Gasteiger partial charge in [0.1, 0.15) is 6.33 Å². The van der Waals surface area contributed by atoms with Gasteiger partial charge in [0.05, 0.1) is 12.5 Å². The van der Waals surface area contributed by atoms with E-state index >= 15 is 0 Å². The molecule has 0 saturated heterocycles. The van der Waals surface area contributed by atoms with E-state index in [1.807, 2.05) is 0 Å². The monoisotopic (exact) mass is 134 g/mol. The maximum absolute atomic E-state index is 9.84. The van der Waals surface area contributed by atoms with Crippen LogP contribution in [0.1, 0.15) is 0 Å². The average Bonchev–Trinajstić information content (AvgIpc) is 2.15. The Hall–Kier alpha value is -0.863. The summed E-state index contributed by atoms with van der Waals surface area (Å²) in [6, 6.07) is 0. The second-order valence-corrected chi connectivity index (χ2v) is 1.38. The first-order valence-corrected chi connectivity index (χ1v) is 2.19. The van der Waals surface area contributed by atoms with E-state index in [2.05, 4.69) is 15.5 Å². The molecule has 0 spiro atoms. The molecule has 0 bridgehead atoms. The summed E-state index contributed by atoms with van der Waals surface area (Å²) < 4.78 is 1.06. The van der Waals surface area contributed by atoms with Gasteiger partial charge in [0.2, 0.25) is 0 Å². The number of carboxylic acids is 1. The van der Waals surface area contributed by atoms with E-state index in [0.29, 0.717) is 0 Å². The summed E-state index contributed by atoms with van der Waals surface area (Å²) in [5.41, 5.74) is 0. The van der Waals surface area contributed by atoms with E-state index in [1.54, 1.807) is 0 Å². The Balaban J connectivity index is 0.000000810. The fourth-order valence-electron chi connectivity index (χ4n) is 0.385. The van der Waals surface area contributed by atoms with Gasteiger partial charge in [0.15, 0.2) is 0 Å². The van der Waals surface area contributed by atoms with Crippen molar-refractivity contribution in [2.24, 2.45) is 0 Å². The summed E-state index contributed by atoms with van der Waals surface area (Å²) >= 11 is 0. The zero-order chi connectivity index (χ0) is 6.69. The molecule has 0 aliphatic heterocycles. The maximum atomic E-state index is 9.84. The molecule has 1 rings (SSSR count). The molecule has 0 aliphatic carbocycles. The standard InChI is InChI=1S/C3H4N4O2.Li/c8-3(9)1-7-2-4-5-6-7;/h2H,1H2,(H,8,9);/q;+1/p-1. The van der Waals surface area contributed by atoms with Crippen molar-refractivity contribution >= 4 is 5.97 Å². The van der Waals surface area contributed by atoms with Gasteiger partial charge in [-0.1, -0.05) is 0 Å². The molecule has 1 heterocycles. The summed E-state index contributed by atoms with van der Waals surface area (Å²) in [5.74, 6) is -1.21. The molecule has 0 atom stereocenters. The molecule has 7 heteroatoms. The minimum absolute atomic E-state index is 0. The Morgan fingerprint density at radius 1 is 1.70 bits per heavy atom. The van der Waals surface area contributed by atoms with Crippen LogP contribution in [0.3, 0.4) is 0 Å². The van der Waals surface area contributed by atoms with Gasteiger partial charge in [-0.3, -0.25) is 0 Å². The van der Waals surface area contributed by atoms with Gasteiger partial charge >= 0.3 is 18.9 Å². The zero-order valence-corrected chi connectivity index (χ0v) is 5.39. The van der Waals surface area contributed by atoms with Crippen LogP contribution < -0.4 is 24.0 Å². The van der Waals surface area contributed by atoms with E-state index < -0.39 is 5.97 Å². The Morgan fingerprint density at radius 2 is 2.40 bits per heavy atom. The molecule has 0 radical (unpaired) electrons. The predicted octanol–water partition coefficient (Wildman–Crippen LogP) is -5.57. The quantitative estimate of drug-likeness (QED) is 0.376. The van der Waals surface area contributed by atoms with Gasteiger partial charge in [-0.25, -0.2) is 4.68 Å². The van der Waals surface area contributed by atoms with Crippen LogP contribution in [0.25, 0.3) is 0 Å². The summed E-state index contributed by atoms with van der Waals surface area (Å²) in [5, 5.41) is 19.6. The number of aliphatic carboxylic acids is 1. The van der Waals surface area contributed by atoms with E-state index in [0.717, 1.165) is 4.68 Å². The van der Waals surface area contributed by atoms with Gasteiger partial charge in [-0.05, 0) is 10.4 Å². The first kappa shape index (κ1) is 9.14. The topological polar surface area (TPSA) is 83.7 Å². The summed E-state index contributed by atoms with van der Waals surface area (Å²) in [7, 11) is 0. The number of carboxylic acid groups (broad SMARTS) is 1. The fraction of sp³-hybridized carbons (Fsp3) is 0.333. The fourth-order valence-corrected chi connectivity index (χ4v) is 0.385. The Kier molecular flexibility index (Phi) is 3.69. The number of hydrogen-bond acceptors (Lipinski definition) is 5. The third-order valence-electron chi connectivity index (χ3n) is 0.683. The van der Waals surface area contributed by atoms with Gasteiger partial charge in [-0.2, -0.15) is 0 Å². The molecule has 0 N–H and O–H groups in total. The Bertz CT molecular complexity index is 198. The van der Waals surface area contributed by atoms with Crippen LogP contribution in [0, 0.1) is 0 Å². The van der Waals surface area contributed by atoms with Crippen molar-refractivity contribution in [3.8, 4) is 0 Å². The molecule has 1 aromatic rings. The van der Waals surface area contributed by atoms with Crippen molar-refractivity contribution in [3.05, 3.63) is 6.33 Å². The maximum Gasteiger partial charge on any atom is 1.00 e. The van der Waals surface area contributed by atoms with Gasteiger partial charge in [-0.15, -0.1) is 5.10 Å². The van der Waals surface area contributed by atoms with E-state index in [1.165, 1.54) is 6.33 Å². The molecular weight excluding hydrogens is 131 g/mol. The first-order chi connectivity index (χ1) is 4.29. The van der Waals surface area contributed by atoms with Crippen molar-refractivity contribution in [2.75, 3.05) is 0 Å². The number of aromatic nitrogens is 4. The van der Waals surface area contributed by atoms with Gasteiger partial charge < -0.3 is 9.90 Å². The van der Waals surface area contributed by atoms with Crippen molar-refractivity contribution in [3.63, 3.8) is 0 Å². The number of rotatable bonds is 2. The van der Waals surface area contributed by atoms with Crippen LogP contribution in [0.15, 0.2) is 6.33 Å². The zero-order valence-electron chi connectivity index (χ0n) is 5.39. The molecule has 10 heavy (non-hydrogen) atoms. The third kappa shape index (κ3) is 2.62. The van der Waals surface area contributed by atoms with Crippen LogP contribution >= 0.6 is 0 Å². The molecular formula is C3H3LiN4O2. The van der Waals surface area contributed by atoms with Gasteiger partial charge in [0.25, 0.3) is 0 Å². The van der Waals surface area contributed by atoms with E-state index in [-0.39, 0.29) is 25.4 Å². The number of hydrogen-bond donors (Lipinski definition) is 0. The normalized spacial score (nSPS) is 8.40. The van der Waals surface area contributed by atoms with Crippen molar-refractivity contribution in [1.82, 2.24) is 20.2 Å². The predicted molar refractivity (Wildman–Crippen MR) is 22.8 cm³/mol. The second-order valence-electron chi connectivity index (χ2n) is 1.38. The third-order valence-corrected chi connectivity index (χ3v) is 0.683. The van der Waals surface area contributed by atoms with Crippen molar-refractivity contribution in [1.29, 1.82) is 0 Å². The van der Waals surface area contributed by atoms with E-state index in [9.17, 15) is 9.90 Å². The molecule has 0 aliphatic rings. The summed E-state index contributed by atoms with van der Waals surface area (Å²) in [4.78, 5) is 9.84. The average molecular weight is 134 g/mol. The largest absolute Gasteiger partial charge is 1.00 e. The van der Waals surface area contributed by atoms with Crippen LogP contribution in [0.2, 0.25) is 0 Å². The van der Waals surface area contributed by atoms with Crippen LogP contribution in [-0.4, -0.2) is 26.2 Å². The number of carbonyl (C=O) groups excluding carboxylic acids is 1. The molecule has 0 aromatic carbocycles. The number of tetrazole rings is 1. The second kappa shape index (κ2) is 4.03. The van der Waals surface area contributed by atoms with Crippen molar-refractivity contribution in [2.45, 2.75) is 6.54 Å². The van der Waals surface area contributed by atoms with Gasteiger partial charge in [0, 0.05) is 0 Å². The summed E-state index contributed by atoms with van der Waals surface area (Å²) in [6.45, 7) is -0.299. The molecule has 1 aromatic heterocycles. The smallest absolute Gasteiger partial charge is 0.548 e. The minimum Gasteiger partial charge on any atom is -0.548 e. The first-order valence-electron chi connectivity index (χ1n) is 2.19. The van der Waals surface area contributed by atoms with Crippen molar-refractivity contribution < 1.29 is 28.8 Å². The molecule has 0 saturated carbocycles. The molecule has 6 nitrogen and oxygen atoms in total. The number of nitrogens with zero attached hydrogens (tertiary/aromatic N) is 4. The van der Waals surface area contributed by atoms with Crippen LogP contribution in [0.5, 0.6) is 0 Å². The summed E-state index contributed by atoms with van der Waals surface area (Å²) in [6.07, 6.45) is 1.20. The SMILES string of the molecule is O=C([O-])Cn1cnnn1.[Li+]. The molecule has 0 fully saturated rings. The molecule has 48 valence electrons. The molecule has 0 amide bonds. The number of carbonyl (C=O) groups is 1. The molecule has 0 unspecified atom stereocenters.